The molecule has 0 saturated carbocycles. The molecule has 0 aromatic heterocycles. The van der Waals surface area contributed by atoms with E-state index in [2.05, 4.69) is 29.2 Å². The van der Waals surface area contributed by atoms with E-state index in [0.29, 0.717) is 19.5 Å². The van der Waals surface area contributed by atoms with Gasteiger partial charge in [0.15, 0.2) is 0 Å². The number of imide groups is 1. The number of likely N-dealkylation sites (tertiary alicyclic amines) is 1. The molecule has 8 nitrogen and oxygen atoms in total. The van der Waals surface area contributed by atoms with Crippen LogP contribution >= 0.6 is 0 Å². The maximum Gasteiger partial charge on any atom is 0.490 e. The van der Waals surface area contributed by atoms with Crippen molar-refractivity contribution in [3.8, 4) is 11.1 Å². The number of esters is 1. The van der Waals surface area contributed by atoms with Crippen LogP contribution in [0.1, 0.15) is 37.8 Å². The number of benzene rings is 2. The zero-order valence-corrected chi connectivity index (χ0v) is 21.5. The van der Waals surface area contributed by atoms with Gasteiger partial charge in [-0.15, -0.1) is 0 Å². The Morgan fingerprint density at radius 1 is 1.00 bits per heavy atom. The number of alkyl halides is 3. The van der Waals surface area contributed by atoms with Crippen LogP contribution in [0.15, 0.2) is 54.6 Å². The van der Waals surface area contributed by atoms with E-state index in [1.807, 2.05) is 37.3 Å². The molecule has 208 valence electrons. The maximum atomic E-state index is 13.4. The lowest BCUT2D eigenvalue weighted by Gasteiger charge is -2.44. The van der Waals surface area contributed by atoms with Crippen molar-refractivity contribution in [1.29, 1.82) is 0 Å². The van der Waals surface area contributed by atoms with Gasteiger partial charge in [0.1, 0.15) is 5.54 Å². The zero-order chi connectivity index (χ0) is 28.5. The first-order chi connectivity index (χ1) is 18.5. The molecule has 5 rings (SSSR count). The molecule has 2 aromatic carbocycles. The van der Waals surface area contributed by atoms with Gasteiger partial charge in [-0.1, -0.05) is 54.6 Å². The first kappa shape index (κ1) is 28.3. The lowest BCUT2D eigenvalue weighted by molar-refractivity contribution is -0.192. The second kappa shape index (κ2) is 10.8. The van der Waals surface area contributed by atoms with Crippen molar-refractivity contribution in [3.05, 3.63) is 60.2 Å². The molecule has 11 heteroatoms. The smallest absolute Gasteiger partial charge is 0.475 e. The lowest BCUT2D eigenvalue weighted by Crippen LogP contribution is -2.59. The minimum atomic E-state index is -5.08. The van der Waals surface area contributed by atoms with Crippen LogP contribution in [0.3, 0.4) is 0 Å². The molecule has 3 aliphatic heterocycles. The average molecular weight is 547 g/mol. The van der Waals surface area contributed by atoms with Crippen molar-refractivity contribution in [2.75, 3.05) is 20.2 Å². The fourth-order valence-corrected chi connectivity index (χ4v) is 6.23. The van der Waals surface area contributed by atoms with Gasteiger partial charge in [0.05, 0.1) is 18.9 Å². The second-order valence-corrected chi connectivity index (χ2v) is 9.73. The van der Waals surface area contributed by atoms with E-state index in [1.165, 1.54) is 12.0 Å². The number of halogens is 3. The molecule has 3 unspecified atom stereocenters. The van der Waals surface area contributed by atoms with Crippen LogP contribution in [0.5, 0.6) is 0 Å². The molecule has 39 heavy (non-hydrogen) atoms. The van der Waals surface area contributed by atoms with Crippen molar-refractivity contribution < 1.29 is 42.2 Å². The number of piperidine rings is 1. The monoisotopic (exact) mass is 546 g/mol. The predicted octanol–water partition coefficient (Wildman–Crippen LogP) is 4.06. The summed E-state index contributed by atoms with van der Waals surface area (Å²) in [6, 6.07) is 18.0. The largest absolute Gasteiger partial charge is 0.490 e. The highest BCUT2D eigenvalue weighted by atomic mass is 19.4. The van der Waals surface area contributed by atoms with Crippen molar-refractivity contribution in [2.45, 2.75) is 43.9 Å². The van der Waals surface area contributed by atoms with E-state index in [4.69, 9.17) is 14.6 Å². The van der Waals surface area contributed by atoms with Gasteiger partial charge >= 0.3 is 18.1 Å². The summed E-state index contributed by atoms with van der Waals surface area (Å²) in [5, 5.41) is 7.12. The van der Waals surface area contributed by atoms with Crippen molar-refractivity contribution in [1.82, 2.24) is 9.80 Å². The van der Waals surface area contributed by atoms with Crippen molar-refractivity contribution >= 4 is 23.8 Å². The third kappa shape index (κ3) is 4.80. The minimum absolute atomic E-state index is 0.169. The van der Waals surface area contributed by atoms with Crippen LogP contribution in [-0.2, 0) is 23.9 Å². The number of carbonyl (C=O) groups excluding carboxylic acids is 3. The standard InChI is InChI=1S/C26H28N2O4.C2HF3O2/c1-3-27-23(29)20-21(24(27)30)26(25(31)32-2)15-7-8-16-28(26)22(20)19-13-11-18(12-14-19)17-9-5-4-6-10-17;3-2(4,5)1(6)7/h4-6,9-14,20-22H,3,7-8,15-16H2,1-2H3;(H,6,7)/t20?,21?,22?,26-;/m0./s1. The van der Waals surface area contributed by atoms with Gasteiger partial charge in [-0.05, 0) is 49.4 Å². The Hall–Kier alpha value is -3.73. The summed E-state index contributed by atoms with van der Waals surface area (Å²) in [5.41, 5.74) is 2.10. The fraction of sp³-hybridized carbons (Fsp3) is 0.429. The average Bonchev–Trinajstić information content (AvgIpc) is 3.38. The Morgan fingerprint density at radius 2 is 1.59 bits per heavy atom. The quantitative estimate of drug-likeness (QED) is 0.456. The molecule has 1 N–H and O–H groups in total. The van der Waals surface area contributed by atoms with Crippen molar-refractivity contribution in [3.63, 3.8) is 0 Å². The number of carboxylic acid groups (broad SMARTS) is 1. The van der Waals surface area contributed by atoms with Gasteiger partial charge in [-0.2, -0.15) is 13.2 Å². The highest BCUT2D eigenvalue weighted by Gasteiger charge is 2.72. The van der Waals surface area contributed by atoms with E-state index < -0.39 is 35.5 Å². The van der Waals surface area contributed by atoms with Gasteiger partial charge in [-0.3, -0.25) is 24.2 Å². The summed E-state index contributed by atoms with van der Waals surface area (Å²) in [5.74, 6) is -4.81. The number of amides is 2. The van der Waals surface area contributed by atoms with Crippen LogP contribution < -0.4 is 0 Å². The first-order valence-electron chi connectivity index (χ1n) is 12.6. The number of fused-ring (bicyclic) bond motifs is 3. The number of carboxylic acids is 1. The van der Waals surface area contributed by atoms with Crippen LogP contribution in [0.2, 0.25) is 0 Å². The third-order valence-corrected chi connectivity index (χ3v) is 7.81. The molecule has 2 aromatic rings. The Morgan fingerprint density at radius 3 is 2.13 bits per heavy atom. The summed E-state index contributed by atoms with van der Waals surface area (Å²) >= 11 is 0. The van der Waals surface area contributed by atoms with Gasteiger partial charge < -0.3 is 9.84 Å². The van der Waals surface area contributed by atoms with Crippen LogP contribution in [-0.4, -0.2) is 70.6 Å². The third-order valence-electron chi connectivity index (χ3n) is 7.81. The maximum absolute atomic E-state index is 13.4. The van der Waals surface area contributed by atoms with E-state index in [1.54, 1.807) is 0 Å². The number of nitrogens with zero attached hydrogens (tertiary/aromatic N) is 2. The number of hydrogen-bond acceptors (Lipinski definition) is 6. The highest BCUT2D eigenvalue weighted by molar-refractivity contribution is 6.09. The van der Waals surface area contributed by atoms with Crippen LogP contribution in [0.4, 0.5) is 13.2 Å². The van der Waals surface area contributed by atoms with Gasteiger partial charge in [0.25, 0.3) is 0 Å². The second-order valence-electron chi connectivity index (χ2n) is 9.73. The molecule has 3 aliphatic rings. The Kier molecular flexibility index (Phi) is 7.83. The van der Waals surface area contributed by atoms with E-state index in [0.717, 1.165) is 29.5 Å². The molecule has 4 atom stereocenters. The fourth-order valence-electron chi connectivity index (χ4n) is 6.23. The summed E-state index contributed by atoms with van der Waals surface area (Å²) < 4.78 is 37.0. The van der Waals surface area contributed by atoms with Gasteiger partial charge in [0, 0.05) is 12.6 Å². The Bertz CT molecular complexity index is 1250. The molecule has 3 saturated heterocycles. The molecule has 0 aliphatic carbocycles. The summed E-state index contributed by atoms with van der Waals surface area (Å²) in [4.78, 5) is 52.4. The first-order valence-corrected chi connectivity index (χ1v) is 12.6. The number of methoxy groups -OCH3 is 1. The number of hydrogen-bond donors (Lipinski definition) is 1. The zero-order valence-electron chi connectivity index (χ0n) is 21.5. The minimum Gasteiger partial charge on any atom is -0.475 e. The summed E-state index contributed by atoms with van der Waals surface area (Å²) in [6.07, 6.45) is -2.78. The Labute approximate surface area is 223 Å². The van der Waals surface area contributed by atoms with Crippen molar-refractivity contribution in [2.24, 2.45) is 11.8 Å². The van der Waals surface area contributed by atoms with Crippen LogP contribution in [0, 0.1) is 11.8 Å². The molecular formula is C28H29F3N2O6. The number of carbonyl (C=O) groups is 4. The molecule has 3 fully saturated rings. The van der Waals surface area contributed by atoms with Gasteiger partial charge in [-0.25, -0.2) is 4.79 Å². The molecule has 3 heterocycles. The molecule has 2 amide bonds. The summed E-state index contributed by atoms with van der Waals surface area (Å²) in [7, 11) is 1.37. The highest BCUT2D eigenvalue weighted by Crippen LogP contribution is 2.58. The van der Waals surface area contributed by atoms with E-state index >= 15 is 0 Å². The molecule has 0 radical (unpaired) electrons. The molecule has 0 bridgehead atoms. The molecular weight excluding hydrogens is 517 g/mol. The number of aliphatic carboxylic acids is 1. The normalized spacial score (nSPS) is 26.4. The van der Waals surface area contributed by atoms with E-state index in [9.17, 15) is 27.6 Å². The predicted molar refractivity (Wildman–Crippen MR) is 133 cm³/mol. The number of rotatable bonds is 4. The van der Waals surface area contributed by atoms with Gasteiger partial charge in [0.2, 0.25) is 11.8 Å². The topological polar surface area (TPSA) is 104 Å². The lowest BCUT2D eigenvalue weighted by atomic mass is 9.75. The van der Waals surface area contributed by atoms with E-state index in [-0.39, 0.29) is 17.9 Å². The van der Waals surface area contributed by atoms with Crippen LogP contribution in [0.25, 0.3) is 11.1 Å². The Balaban J connectivity index is 0.000000448. The summed E-state index contributed by atoms with van der Waals surface area (Å²) in [6.45, 7) is 2.80. The number of ether oxygens (including phenoxy) is 1. The SMILES string of the molecule is CCN1C(=O)C2C(c3ccc(-c4ccccc4)cc3)N3CCCC[C@@]3(C(=O)OC)C2C1=O.O=C(O)C(F)(F)F. The molecule has 0 spiro atoms.